The van der Waals surface area contributed by atoms with Gasteiger partial charge in [-0.2, -0.15) is 0 Å². The van der Waals surface area contributed by atoms with E-state index >= 15 is 0 Å². The first-order valence-corrected chi connectivity index (χ1v) is 15.1. The number of amides is 2. The van der Waals surface area contributed by atoms with Crippen LogP contribution in [0.2, 0.25) is 5.02 Å². The number of carbonyl (C=O) groups is 3. The van der Waals surface area contributed by atoms with Crippen LogP contribution in [0.4, 0.5) is 10.5 Å². The van der Waals surface area contributed by atoms with E-state index in [1.807, 2.05) is 32.1 Å². The molecule has 3 unspecified atom stereocenters. The zero-order chi connectivity index (χ0) is 32.6. The minimum Gasteiger partial charge on any atom is -0.495 e. The van der Waals surface area contributed by atoms with E-state index in [0.29, 0.717) is 17.9 Å². The highest BCUT2D eigenvalue weighted by Gasteiger charge is 2.64. The van der Waals surface area contributed by atoms with Gasteiger partial charge >= 0.3 is 12.1 Å². The van der Waals surface area contributed by atoms with Gasteiger partial charge < -0.3 is 33.7 Å². The summed E-state index contributed by atoms with van der Waals surface area (Å²) in [7, 11) is 4.56. The molecule has 242 valence electrons. The molecule has 0 aliphatic carbocycles. The minimum absolute atomic E-state index is 0.00361. The van der Waals surface area contributed by atoms with E-state index in [0.717, 1.165) is 11.1 Å². The van der Waals surface area contributed by atoms with Gasteiger partial charge in [-0.05, 0) is 38.0 Å². The fraction of sp³-hybridized carbons (Fsp3) is 0.594. The van der Waals surface area contributed by atoms with Crippen molar-refractivity contribution in [1.82, 2.24) is 5.32 Å². The van der Waals surface area contributed by atoms with Crippen molar-refractivity contribution >= 4 is 35.3 Å². The average Bonchev–Trinajstić information content (AvgIpc) is 3.66. The van der Waals surface area contributed by atoms with Gasteiger partial charge in [0, 0.05) is 26.5 Å². The molecule has 3 heterocycles. The summed E-state index contributed by atoms with van der Waals surface area (Å²) in [5.41, 5.74) is -0.587. The summed E-state index contributed by atoms with van der Waals surface area (Å²) >= 11 is 6.68. The van der Waals surface area contributed by atoms with Crippen LogP contribution in [0.5, 0.6) is 5.75 Å². The summed E-state index contributed by atoms with van der Waals surface area (Å²) in [6, 6.07) is 3.63. The highest BCUT2D eigenvalue weighted by atomic mass is 35.5. The largest absolute Gasteiger partial charge is 0.495 e. The molecule has 7 atom stereocenters. The molecule has 1 aromatic carbocycles. The second kappa shape index (κ2) is 13.1. The molecule has 1 aromatic rings. The number of fused-ring (bicyclic) bond motifs is 5. The predicted octanol–water partition coefficient (Wildman–Crippen LogP) is 4.32. The standard InChI is InChI=1S/C32H43ClN2O9/c1-17(2)29(37)43-25-15-26(36)35(6)21-13-20(14-22(40-7)27(21)33)12-18(3)10-9-11-24(41-8)32(39)16-23(42-30(38)34-32)19(4)28-31(25,5)44-28/h9-11,13-14,17,19,23-25,28,39H,12,15-16H2,1-8H3,(H,34,38)/b11-9+,18-10+/t19-,23?,24+,25+,28?,31?,32-/m0/s1. The number of allylic oxidation sites excluding steroid dienone is 3. The molecule has 0 radical (unpaired) electrons. The number of carbonyl (C=O) groups excluding carboxylic acids is 3. The highest BCUT2D eigenvalue weighted by Crippen LogP contribution is 2.49. The SMILES string of the molecule is COc1cc2cc(c1Cl)N(C)C(=O)C[C@@H](OC(=O)C(C)C)C1(C)OC1[C@@H](C)C1C[C@@](O)(NC(=O)O1)[C@H](OC)/C=C/C=C(\C)C2. The molecule has 4 rings (SSSR count). The summed E-state index contributed by atoms with van der Waals surface area (Å²) in [6.07, 6.45) is 1.65. The van der Waals surface area contributed by atoms with Gasteiger partial charge in [0.15, 0.2) is 5.72 Å². The van der Waals surface area contributed by atoms with Crippen LogP contribution in [0.3, 0.4) is 0 Å². The number of ether oxygens (including phenoxy) is 5. The van der Waals surface area contributed by atoms with E-state index in [1.54, 1.807) is 40.0 Å². The molecule has 4 bridgehead atoms. The number of rotatable bonds is 4. The lowest BCUT2D eigenvalue weighted by Gasteiger charge is -2.42. The molecule has 44 heavy (non-hydrogen) atoms. The van der Waals surface area contributed by atoms with Crippen molar-refractivity contribution in [3.05, 3.63) is 46.5 Å². The zero-order valence-electron chi connectivity index (χ0n) is 26.5. The summed E-state index contributed by atoms with van der Waals surface area (Å²) in [4.78, 5) is 40.7. The molecule has 3 aliphatic rings. The summed E-state index contributed by atoms with van der Waals surface area (Å²) < 4.78 is 28.8. The molecule has 12 heteroatoms. The molecule has 2 fully saturated rings. The number of alkyl carbamates (subject to hydrolysis) is 1. The first kappa shape index (κ1) is 33.8. The van der Waals surface area contributed by atoms with E-state index < -0.39 is 59.6 Å². The van der Waals surface area contributed by atoms with Crippen LogP contribution in [-0.2, 0) is 35.0 Å². The molecule has 0 saturated carbocycles. The topological polar surface area (TPSA) is 136 Å². The van der Waals surface area contributed by atoms with Gasteiger partial charge in [0.2, 0.25) is 5.91 Å². The van der Waals surface area contributed by atoms with Gasteiger partial charge in [0.05, 0.1) is 31.2 Å². The molecular weight excluding hydrogens is 592 g/mol. The maximum Gasteiger partial charge on any atom is 0.409 e. The van der Waals surface area contributed by atoms with Crippen LogP contribution in [0.25, 0.3) is 0 Å². The van der Waals surface area contributed by atoms with E-state index in [2.05, 4.69) is 5.32 Å². The number of hydrogen-bond donors (Lipinski definition) is 2. The number of nitrogens with zero attached hydrogens (tertiary/aromatic N) is 1. The number of aliphatic hydroxyl groups is 1. The van der Waals surface area contributed by atoms with E-state index in [9.17, 15) is 19.5 Å². The lowest BCUT2D eigenvalue weighted by atomic mass is 9.83. The van der Waals surface area contributed by atoms with Gasteiger partial charge in [0.25, 0.3) is 0 Å². The van der Waals surface area contributed by atoms with Crippen molar-refractivity contribution in [2.24, 2.45) is 11.8 Å². The Balaban J connectivity index is 1.80. The first-order valence-electron chi connectivity index (χ1n) is 14.7. The Labute approximate surface area is 263 Å². The van der Waals surface area contributed by atoms with E-state index in [1.165, 1.54) is 19.1 Å². The number of anilines is 1. The number of nitrogens with one attached hydrogen (secondary N) is 1. The number of esters is 1. The molecule has 11 nitrogen and oxygen atoms in total. The van der Waals surface area contributed by atoms with E-state index in [-0.39, 0.29) is 23.8 Å². The number of hydrogen-bond acceptors (Lipinski definition) is 9. The summed E-state index contributed by atoms with van der Waals surface area (Å²) in [5, 5.41) is 14.4. The van der Waals surface area contributed by atoms with Crippen molar-refractivity contribution in [2.45, 2.75) is 89.6 Å². The van der Waals surface area contributed by atoms with E-state index in [4.69, 9.17) is 35.3 Å². The van der Waals surface area contributed by atoms with Crippen LogP contribution < -0.4 is 15.0 Å². The molecular formula is C32H43ClN2O9. The average molecular weight is 635 g/mol. The monoisotopic (exact) mass is 634 g/mol. The fourth-order valence-electron chi connectivity index (χ4n) is 5.88. The lowest BCUT2D eigenvalue weighted by Crippen LogP contribution is -2.63. The van der Waals surface area contributed by atoms with Crippen LogP contribution >= 0.6 is 11.6 Å². The van der Waals surface area contributed by atoms with Crippen LogP contribution in [0, 0.1) is 11.8 Å². The molecule has 2 amide bonds. The molecule has 0 spiro atoms. The third-order valence-corrected chi connectivity index (χ3v) is 9.06. The smallest absolute Gasteiger partial charge is 0.409 e. The third-order valence-electron chi connectivity index (χ3n) is 8.68. The quantitative estimate of drug-likeness (QED) is 0.366. The van der Waals surface area contributed by atoms with Gasteiger partial charge in [-0.1, -0.05) is 56.2 Å². The van der Waals surface area contributed by atoms with Crippen LogP contribution in [0.1, 0.15) is 53.0 Å². The number of methoxy groups -OCH3 is 2. The zero-order valence-corrected chi connectivity index (χ0v) is 27.3. The van der Waals surface area contributed by atoms with Gasteiger partial charge in [-0.15, -0.1) is 0 Å². The third kappa shape index (κ3) is 6.91. The second-order valence-corrected chi connectivity index (χ2v) is 12.8. The van der Waals surface area contributed by atoms with Crippen molar-refractivity contribution in [2.75, 3.05) is 26.2 Å². The number of benzene rings is 1. The van der Waals surface area contributed by atoms with Gasteiger partial charge in [0.1, 0.15) is 34.7 Å². The lowest BCUT2D eigenvalue weighted by molar-refractivity contribution is -0.157. The molecule has 2 N–H and O–H groups in total. The Hall–Kier alpha value is -3.12. The number of epoxide rings is 1. The first-order chi connectivity index (χ1) is 20.6. The molecule has 3 aliphatic heterocycles. The van der Waals surface area contributed by atoms with Crippen molar-refractivity contribution in [1.29, 1.82) is 0 Å². The molecule has 0 aromatic heterocycles. The maximum absolute atomic E-state index is 13.8. The van der Waals surface area contributed by atoms with Gasteiger partial charge in [-0.25, -0.2) is 4.79 Å². The van der Waals surface area contributed by atoms with Crippen molar-refractivity contribution in [3.8, 4) is 5.75 Å². The van der Waals surface area contributed by atoms with Crippen LogP contribution in [-0.4, -0.2) is 80.1 Å². The Bertz CT molecular complexity index is 1350. The van der Waals surface area contributed by atoms with Gasteiger partial charge in [-0.3, -0.25) is 14.9 Å². The van der Waals surface area contributed by atoms with Crippen molar-refractivity contribution in [3.63, 3.8) is 0 Å². The van der Waals surface area contributed by atoms with Crippen molar-refractivity contribution < 1.29 is 43.2 Å². The Kier molecular flexibility index (Phi) is 10.0. The number of halogens is 1. The van der Waals surface area contributed by atoms with Crippen LogP contribution in [0.15, 0.2) is 35.9 Å². The maximum atomic E-state index is 13.8. The predicted molar refractivity (Wildman–Crippen MR) is 164 cm³/mol. The fourth-order valence-corrected chi connectivity index (χ4v) is 6.19. The second-order valence-electron chi connectivity index (χ2n) is 12.4. The molecule has 2 saturated heterocycles. The highest BCUT2D eigenvalue weighted by molar-refractivity contribution is 6.35. The Morgan fingerprint density at radius 2 is 1.95 bits per heavy atom. The summed E-state index contributed by atoms with van der Waals surface area (Å²) in [6.45, 7) is 8.95. The Morgan fingerprint density at radius 3 is 2.59 bits per heavy atom. The normalized spacial score (nSPS) is 34.7. The summed E-state index contributed by atoms with van der Waals surface area (Å²) in [5.74, 6) is -1.30. The minimum atomic E-state index is -1.77. The Morgan fingerprint density at radius 1 is 1.25 bits per heavy atom.